The first-order valence-electron chi connectivity index (χ1n) is 9.42. The molecule has 0 saturated carbocycles. The molecule has 2 atom stereocenters. The normalized spacial score (nSPS) is 22.1. The van der Waals surface area contributed by atoms with Crippen LogP contribution in [-0.2, 0) is 26.2 Å². The van der Waals surface area contributed by atoms with Crippen molar-refractivity contribution >= 4 is 23.3 Å². The standard InChI is InChI=1S/C23H26N2O3/c1-22(2,3)16-10-12-17(13-11-16)24-20(27)18-19(26)23(4,25-21(18)28)14-15-8-6-5-7-9-15/h5-13,18H,14H2,1-4H3,(H,24,27)(H,25,28). The largest absolute Gasteiger partial charge is 0.342 e. The molecule has 2 aromatic rings. The van der Waals surface area contributed by atoms with Gasteiger partial charge in [0.2, 0.25) is 11.8 Å². The van der Waals surface area contributed by atoms with Crippen LogP contribution in [0.4, 0.5) is 5.69 Å². The predicted octanol–water partition coefficient (Wildman–Crippen LogP) is 3.24. The van der Waals surface area contributed by atoms with E-state index in [2.05, 4.69) is 31.4 Å². The highest BCUT2D eigenvalue weighted by atomic mass is 16.2. The molecule has 2 unspecified atom stereocenters. The van der Waals surface area contributed by atoms with Crippen molar-refractivity contribution in [1.29, 1.82) is 0 Å². The van der Waals surface area contributed by atoms with E-state index in [9.17, 15) is 14.4 Å². The van der Waals surface area contributed by atoms with Gasteiger partial charge in [-0.05, 0) is 35.6 Å². The molecule has 0 spiro atoms. The molecule has 0 aromatic heterocycles. The SMILES string of the molecule is CC1(Cc2ccccc2)NC(=O)C(C(=O)Nc2ccc(C(C)(C)C)cc2)C1=O. The second-order valence-electron chi connectivity index (χ2n) is 8.60. The maximum Gasteiger partial charge on any atom is 0.244 e. The number of rotatable bonds is 4. The number of hydrogen-bond donors (Lipinski definition) is 2. The minimum atomic E-state index is -1.34. The van der Waals surface area contributed by atoms with E-state index in [0.29, 0.717) is 12.1 Å². The molecular formula is C23H26N2O3. The van der Waals surface area contributed by atoms with Crippen LogP contribution in [0.1, 0.15) is 38.8 Å². The molecule has 2 N–H and O–H groups in total. The van der Waals surface area contributed by atoms with E-state index >= 15 is 0 Å². The first-order valence-corrected chi connectivity index (χ1v) is 9.42. The predicted molar refractivity (Wildman–Crippen MR) is 109 cm³/mol. The number of anilines is 1. The Labute approximate surface area is 165 Å². The van der Waals surface area contributed by atoms with Gasteiger partial charge >= 0.3 is 0 Å². The fraction of sp³-hybridized carbons (Fsp3) is 0.348. The monoisotopic (exact) mass is 378 g/mol. The lowest BCUT2D eigenvalue weighted by molar-refractivity contribution is -0.135. The summed E-state index contributed by atoms with van der Waals surface area (Å²) in [6.45, 7) is 7.99. The lowest BCUT2D eigenvalue weighted by atomic mass is 9.86. The number of carbonyl (C=O) groups excluding carboxylic acids is 3. The number of Topliss-reactive ketones (excluding diaryl/α,β-unsaturated/α-hetero) is 1. The number of benzene rings is 2. The van der Waals surface area contributed by atoms with E-state index < -0.39 is 29.1 Å². The van der Waals surface area contributed by atoms with E-state index in [1.807, 2.05) is 42.5 Å². The second kappa shape index (κ2) is 7.23. The molecule has 0 bridgehead atoms. The number of nitrogens with one attached hydrogen (secondary N) is 2. The van der Waals surface area contributed by atoms with E-state index in [1.54, 1.807) is 19.1 Å². The third kappa shape index (κ3) is 3.98. The minimum Gasteiger partial charge on any atom is -0.342 e. The van der Waals surface area contributed by atoms with Crippen molar-refractivity contribution in [3.05, 3.63) is 65.7 Å². The first-order chi connectivity index (χ1) is 13.1. The first kappa shape index (κ1) is 19.8. The Morgan fingerprint density at radius 2 is 1.64 bits per heavy atom. The Morgan fingerprint density at radius 3 is 2.21 bits per heavy atom. The van der Waals surface area contributed by atoms with E-state index in [-0.39, 0.29) is 5.41 Å². The Bertz CT molecular complexity index is 898. The molecule has 5 heteroatoms. The van der Waals surface area contributed by atoms with Crippen molar-refractivity contribution in [3.8, 4) is 0 Å². The molecule has 1 aliphatic heterocycles. The third-order valence-corrected chi connectivity index (χ3v) is 5.15. The molecular weight excluding hydrogens is 352 g/mol. The molecule has 146 valence electrons. The summed E-state index contributed by atoms with van der Waals surface area (Å²) >= 11 is 0. The van der Waals surface area contributed by atoms with Crippen molar-refractivity contribution in [2.24, 2.45) is 5.92 Å². The lowest BCUT2D eigenvalue weighted by Gasteiger charge is -2.22. The van der Waals surface area contributed by atoms with Gasteiger partial charge in [-0.25, -0.2) is 0 Å². The Balaban J connectivity index is 1.73. The van der Waals surface area contributed by atoms with Gasteiger partial charge in [-0.15, -0.1) is 0 Å². The van der Waals surface area contributed by atoms with Crippen LogP contribution >= 0.6 is 0 Å². The van der Waals surface area contributed by atoms with Crippen molar-refractivity contribution in [2.75, 3.05) is 5.32 Å². The average molecular weight is 378 g/mol. The summed E-state index contributed by atoms with van der Waals surface area (Å²) in [7, 11) is 0. The lowest BCUT2D eigenvalue weighted by Crippen LogP contribution is -2.45. The second-order valence-corrected chi connectivity index (χ2v) is 8.60. The van der Waals surface area contributed by atoms with Crippen LogP contribution in [0.3, 0.4) is 0 Å². The van der Waals surface area contributed by atoms with Crippen molar-refractivity contribution in [1.82, 2.24) is 5.32 Å². The van der Waals surface area contributed by atoms with Gasteiger partial charge in [0, 0.05) is 12.1 Å². The van der Waals surface area contributed by atoms with Gasteiger partial charge in [-0.3, -0.25) is 14.4 Å². The van der Waals surface area contributed by atoms with Gasteiger partial charge in [-0.1, -0.05) is 63.2 Å². The maximum atomic E-state index is 12.9. The Hall–Kier alpha value is -2.95. The van der Waals surface area contributed by atoms with E-state index in [4.69, 9.17) is 0 Å². The van der Waals surface area contributed by atoms with Crippen LogP contribution in [0.25, 0.3) is 0 Å². The summed E-state index contributed by atoms with van der Waals surface area (Å²) in [5.74, 6) is -2.88. The van der Waals surface area contributed by atoms with Crippen LogP contribution < -0.4 is 10.6 Å². The van der Waals surface area contributed by atoms with Crippen molar-refractivity contribution in [3.63, 3.8) is 0 Å². The minimum absolute atomic E-state index is 0.00307. The molecule has 0 radical (unpaired) electrons. The Morgan fingerprint density at radius 1 is 1.04 bits per heavy atom. The fourth-order valence-corrected chi connectivity index (χ4v) is 3.48. The summed E-state index contributed by atoms with van der Waals surface area (Å²) in [4.78, 5) is 38.0. The smallest absolute Gasteiger partial charge is 0.244 e. The summed E-state index contributed by atoms with van der Waals surface area (Å²) in [6.07, 6.45) is 0.350. The van der Waals surface area contributed by atoms with E-state index in [1.165, 1.54) is 0 Å². The zero-order chi connectivity index (χ0) is 20.5. The topological polar surface area (TPSA) is 75.3 Å². The summed E-state index contributed by atoms with van der Waals surface area (Å²) < 4.78 is 0. The number of hydrogen-bond acceptors (Lipinski definition) is 3. The molecule has 3 rings (SSSR count). The molecule has 28 heavy (non-hydrogen) atoms. The quantitative estimate of drug-likeness (QED) is 0.802. The molecule has 2 amide bonds. The van der Waals surface area contributed by atoms with Gasteiger partial charge < -0.3 is 10.6 Å². The molecule has 2 aromatic carbocycles. The van der Waals surface area contributed by atoms with Crippen molar-refractivity contribution < 1.29 is 14.4 Å². The zero-order valence-electron chi connectivity index (χ0n) is 16.7. The van der Waals surface area contributed by atoms with Gasteiger partial charge in [0.05, 0.1) is 0 Å². The van der Waals surface area contributed by atoms with E-state index in [0.717, 1.165) is 11.1 Å². The van der Waals surface area contributed by atoms with Crippen LogP contribution in [0, 0.1) is 5.92 Å². The third-order valence-electron chi connectivity index (χ3n) is 5.15. The van der Waals surface area contributed by atoms with Gasteiger partial charge in [0.15, 0.2) is 11.7 Å². The average Bonchev–Trinajstić information content (AvgIpc) is 2.84. The van der Waals surface area contributed by atoms with Crippen LogP contribution in [0.2, 0.25) is 0 Å². The summed E-state index contributed by atoms with van der Waals surface area (Å²) in [5, 5.41) is 5.43. The number of carbonyl (C=O) groups is 3. The van der Waals surface area contributed by atoms with Gasteiger partial charge in [0.1, 0.15) is 5.54 Å². The van der Waals surface area contributed by atoms with Gasteiger partial charge in [-0.2, -0.15) is 0 Å². The zero-order valence-corrected chi connectivity index (χ0v) is 16.7. The number of amides is 2. The number of ketones is 1. The van der Waals surface area contributed by atoms with Crippen LogP contribution in [0.5, 0.6) is 0 Å². The molecule has 1 aliphatic rings. The maximum absolute atomic E-state index is 12.9. The van der Waals surface area contributed by atoms with Crippen LogP contribution in [-0.4, -0.2) is 23.1 Å². The van der Waals surface area contributed by atoms with Gasteiger partial charge in [0.25, 0.3) is 0 Å². The highest BCUT2D eigenvalue weighted by molar-refractivity contribution is 6.27. The fourth-order valence-electron chi connectivity index (χ4n) is 3.48. The highest BCUT2D eigenvalue weighted by Crippen LogP contribution is 2.27. The highest BCUT2D eigenvalue weighted by Gasteiger charge is 2.52. The summed E-state index contributed by atoms with van der Waals surface area (Å²) in [5.41, 5.74) is 1.54. The Kier molecular flexibility index (Phi) is 5.11. The molecule has 5 nitrogen and oxygen atoms in total. The summed E-state index contributed by atoms with van der Waals surface area (Å²) in [6, 6.07) is 16.9. The molecule has 1 saturated heterocycles. The van der Waals surface area contributed by atoms with Crippen LogP contribution in [0.15, 0.2) is 54.6 Å². The van der Waals surface area contributed by atoms with Crippen molar-refractivity contribution in [2.45, 2.75) is 45.1 Å². The molecule has 1 fully saturated rings. The molecule has 0 aliphatic carbocycles. The molecule has 1 heterocycles.